The summed E-state index contributed by atoms with van der Waals surface area (Å²) in [5, 5.41) is 8.92. The first-order valence-corrected chi connectivity index (χ1v) is 11.9. The smallest absolute Gasteiger partial charge is 0.243 e. The molecule has 0 aromatic heterocycles. The SMILES string of the molecule is O=C(CCC(=O)N1CCC(c2ccccc2)=N1)NCCN1CCN(Cc2ccccc2)CC1. The van der Waals surface area contributed by atoms with E-state index in [4.69, 9.17) is 0 Å². The third-order valence-corrected chi connectivity index (χ3v) is 6.23. The number of carbonyl (C=O) groups excluding carboxylic acids is 2. The van der Waals surface area contributed by atoms with E-state index in [-0.39, 0.29) is 24.7 Å². The number of hydrazone groups is 1. The van der Waals surface area contributed by atoms with Crippen molar-refractivity contribution in [3.05, 3.63) is 71.8 Å². The van der Waals surface area contributed by atoms with Crippen LogP contribution in [0.2, 0.25) is 0 Å². The Hall–Kier alpha value is -3.03. The lowest BCUT2D eigenvalue weighted by Gasteiger charge is -2.34. The lowest BCUT2D eigenvalue weighted by Crippen LogP contribution is -2.48. The number of nitrogens with one attached hydrogen (secondary N) is 1. The first kappa shape index (κ1) is 23.1. The van der Waals surface area contributed by atoms with Gasteiger partial charge in [0.05, 0.1) is 12.3 Å². The maximum absolute atomic E-state index is 12.4. The summed E-state index contributed by atoms with van der Waals surface area (Å²) in [5.74, 6) is -0.164. The van der Waals surface area contributed by atoms with Crippen molar-refractivity contribution < 1.29 is 9.59 Å². The van der Waals surface area contributed by atoms with Crippen molar-refractivity contribution in [2.24, 2.45) is 5.10 Å². The van der Waals surface area contributed by atoms with Crippen molar-refractivity contribution in [1.82, 2.24) is 20.1 Å². The average molecular weight is 448 g/mol. The van der Waals surface area contributed by atoms with Crippen LogP contribution < -0.4 is 5.32 Å². The summed E-state index contributed by atoms with van der Waals surface area (Å²) in [6.07, 6.45) is 1.15. The molecule has 0 radical (unpaired) electrons. The molecule has 4 rings (SSSR count). The van der Waals surface area contributed by atoms with E-state index in [0.717, 1.165) is 57.0 Å². The van der Waals surface area contributed by atoms with Crippen LogP contribution in [0.25, 0.3) is 0 Å². The van der Waals surface area contributed by atoms with Crippen LogP contribution in [0.4, 0.5) is 0 Å². The van der Waals surface area contributed by atoms with E-state index < -0.39 is 0 Å². The first-order valence-electron chi connectivity index (χ1n) is 11.9. The van der Waals surface area contributed by atoms with Crippen LogP contribution in [0.3, 0.4) is 0 Å². The van der Waals surface area contributed by atoms with Crippen molar-refractivity contribution in [2.75, 3.05) is 45.8 Å². The molecule has 33 heavy (non-hydrogen) atoms. The summed E-state index contributed by atoms with van der Waals surface area (Å²) < 4.78 is 0. The fourth-order valence-electron chi connectivity index (χ4n) is 4.27. The van der Waals surface area contributed by atoms with Crippen molar-refractivity contribution >= 4 is 17.5 Å². The number of hydrogen-bond donors (Lipinski definition) is 1. The van der Waals surface area contributed by atoms with E-state index >= 15 is 0 Å². The molecule has 0 unspecified atom stereocenters. The molecule has 0 bridgehead atoms. The zero-order chi connectivity index (χ0) is 22.9. The molecule has 0 atom stereocenters. The fraction of sp³-hybridized carbons (Fsp3) is 0.423. The van der Waals surface area contributed by atoms with Gasteiger partial charge in [0.2, 0.25) is 11.8 Å². The summed E-state index contributed by atoms with van der Waals surface area (Å²) in [7, 11) is 0. The predicted octanol–water partition coefficient (Wildman–Crippen LogP) is 2.34. The van der Waals surface area contributed by atoms with Crippen LogP contribution in [-0.2, 0) is 16.1 Å². The van der Waals surface area contributed by atoms with Gasteiger partial charge in [-0.25, -0.2) is 5.01 Å². The zero-order valence-corrected chi connectivity index (χ0v) is 19.2. The second kappa shape index (κ2) is 11.7. The molecule has 2 aromatic rings. The van der Waals surface area contributed by atoms with Crippen molar-refractivity contribution in [1.29, 1.82) is 0 Å². The zero-order valence-electron chi connectivity index (χ0n) is 19.2. The maximum Gasteiger partial charge on any atom is 0.243 e. The number of hydrogen-bond acceptors (Lipinski definition) is 5. The molecule has 2 aliphatic heterocycles. The van der Waals surface area contributed by atoms with Gasteiger partial charge in [-0.1, -0.05) is 60.7 Å². The Morgan fingerprint density at radius 1 is 0.818 bits per heavy atom. The minimum absolute atomic E-state index is 0.0717. The summed E-state index contributed by atoms with van der Waals surface area (Å²) in [6.45, 7) is 7.14. The molecule has 0 saturated carbocycles. The van der Waals surface area contributed by atoms with Gasteiger partial charge in [-0.2, -0.15) is 5.10 Å². The number of rotatable bonds is 9. The van der Waals surface area contributed by atoms with E-state index in [9.17, 15) is 9.59 Å². The summed E-state index contributed by atoms with van der Waals surface area (Å²) in [4.78, 5) is 29.5. The quantitative estimate of drug-likeness (QED) is 0.641. The van der Waals surface area contributed by atoms with Gasteiger partial charge >= 0.3 is 0 Å². The van der Waals surface area contributed by atoms with Crippen LogP contribution >= 0.6 is 0 Å². The Morgan fingerprint density at radius 3 is 2.21 bits per heavy atom. The monoisotopic (exact) mass is 447 g/mol. The van der Waals surface area contributed by atoms with Crippen molar-refractivity contribution in [3.63, 3.8) is 0 Å². The first-order chi connectivity index (χ1) is 16.2. The van der Waals surface area contributed by atoms with E-state index in [2.05, 4.69) is 44.5 Å². The third-order valence-electron chi connectivity index (χ3n) is 6.23. The molecule has 2 aromatic carbocycles. The highest BCUT2D eigenvalue weighted by molar-refractivity contribution is 6.02. The van der Waals surface area contributed by atoms with Gasteiger partial charge in [-0.05, 0) is 11.1 Å². The molecule has 0 spiro atoms. The molecule has 1 fully saturated rings. The van der Waals surface area contributed by atoms with Gasteiger partial charge in [0.1, 0.15) is 0 Å². The van der Waals surface area contributed by atoms with Crippen LogP contribution in [0.5, 0.6) is 0 Å². The predicted molar refractivity (Wildman–Crippen MR) is 130 cm³/mol. The number of nitrogens with zero attached hydrogens (tertiary/aromatic N) is 4. The standard InChI is InChI=1S/C26H33N5O2/c32-25(11-12-26(33)31-15-13-24(28-31)23-9-5-2-6-10-23)27-14-16-29-17-19-30(20-18-29)21-22-7-3-1-4-8-22/h1-10H,11-21H2,(H,27,32). The molecule has 2 aliphatic rings. The van der Waals surface area contributed by atoms with E-state index in [1.807, 2.05) is 36.4 Å². The normalized spacial score (nSPS) is 17.1. The molecule has 0 aliphatic carbocycles. The molecular weight excluding hydrogens is 414 g/mol. The molecule has 2 heterocycles. The van der Waals surface area contributed by atoms with E-state index in [1.165, 1.54) is 10.6 Å². The highest BCUT2D eigenvalue weighted by Gasteiger charge is 2.22. The summed E-state index contributed by atoms with van der Waals surface area (Å²) in [5.41, 5.74) is 3.33. The second-order valence-corrected chi connectivity index (χ2v) is 8.63. The lowest BCUT2D eigenvalue weighted by atomic mass is 10.1. The second-order valence-electron chi connectivity index (χ2n) is 8.63. The van der Waals surface area contributed by atoms with Gasteiger partial charge in [0.15, 0.2) is 0 Å². The summed E-state index contributed by atoms with van der Waals surface area (Å²) >= 11 is 0. The van der Waals surface area contributed by atoms with Gasteiger partial charge in [-0.15, -0.1) is 0 Å². The average Bonchev–Trinajstić information content (AvgIpc) is 3.35. The highest BCUT2D eigenvalue weighted by Crippen LogP contribution is 2.15. The van der Waals surface area contributed by atoms with Gasteiger partial charge in [-0.3, -0.25) is 19.4 Å². The minimum Gasteiger partial charge on any atom is -0.355 e. The van der Waals surface area contributed by atoms with Crippen LogP contribution in [0.1, 0.15) is 30.4 Å². The van der Waals surface area contributed by atoms with Crippen LogP contribution in [0.15, 0.2) is 65.8 Å². The van der Waals surface area contributed by atoms with E-state index in [1.54, 1.807) is 0 Å². The molecule has 174 valence electrons. The molecule has 2 amide bonds. The Morgan fingerprint density at radius 2 is 1.48 bits per heavy atom. The minimum atomic E-state index is -0.0920. The van der Waals surface area contributed by atoms with Crippen LogP contribution in [0, 0.1) is 0 Å². The Bertz CT molecular complexity index is 940. The van der Waals surface area contributed by atoms with Gasteiger partial charge in [0.25, 0.3) is 0 Å². The number of benzene rings is 2. The highest BCUT2D eigenvalue weighted by atomic mass is 16.2. The molecular formula is C26H33N5O2. The topological polar surface area (TPSA) is 68.2 Å². The van der Waals surface area contributed by atoms with Crippen molar-refractivity contribution in [3.8, 4) is 0 Å². The molecule has 1 saturated heterocycles. The maximum atomic E-state index is 12.4. The number of piperazine rings is 1. The van der Waals surface area contributed by atoms with Gasteiger partial charge in [0, 0.05) is 65.1 Å². The fourth-order valence-corrected chi connectivity index (χ4v) is 4.27. The van der Waals surface area contributed by atoms with E-state index in [0.29, 0.717) is 13.1 Å². The van der Waals surface area contributed by atoms with Gasteiger partial charge < -0.3 is 5.32 Å². The van der Waals surface area contributed by atoms with Crippen LogP contribution in [-0.4, -0.2) is 78.1 Å². The summed E-state index contributed by atoms with van der Waals surface area (Å²) in [6, 6.07) is 20.5. The largest absolute Gasteiger partial charge is 0.355 e. The Balaban J connectivity index is 1.09. The molecule has 1 N–H and O–H groups in total. The molecule has 7 nitrogen and oxygen atoms in total. The third kappa shape index (κ3) is 6.97. The molecule has 7 heteroatoms. The Labute approximate surface area is 196 Å². The Kier molecular flexibility index (Phi) is 8.22. The lowest BCUT2D eigenvalue weighted by molar-refractivity contribution is -0.133. The number of amides is 2. The number of carbonyl (C=O) groups is 2. The van der Waals surface area contributed by atoms with Crippen molar-refractivity contribution in [2.45, 2.75) is 25.8 Å².